The van der Waals surface area contributed by atoms with Crippen LogP contribution in [-0.2, 0) is 19.1 Å². The molecule has 0 aromatic rings. The fourth-order valence-electron chi connectivity index (χ4n) is 2.79. The molecule has 2 N–H and O–H groups in total. The Labute approximate surface area is 165 Å². The van der Waals surface area contributed by atoms with E-state index >= 15 is 0 Å². The van der Waals surface area contributed by atoms with E-state index in [9.17, 15) is 19.8 Å². The number of ether oxygens (including phenoxy) is 2. The molecular formula is C20H30N2O6. The predicted molar refractivity (Wildman–Crippen MR) is 107 cm³/mol. The minimum atomic E-state index is -0.634. The maximum Gasteiger partial charge on any atom is 0.343 e. The van der Waals surface area contributed by atoms with Crippen LogP contribution >= 0.6 is 0 Å². The first-order chi connectivity index (χ1) is 13.3. The van der Waals surface area contributed by atoms with Crippen molar-refractivity contribution < 1.29 is 29.3 Å². The van der Waals surface area contributed by atoms with Crippen LogP contribution in [0, 0.1) is 0 Å². The molecule has 0 unspecified atom stereocenters. The van der Waals surface area contributed by atoms with Crippen LogP contribution in [0.5, 0.6) is 0 Å². The van der Waals surface area contributed by atoms with Gasteiger partial charge in [-0.25, -0.2) is 9.59 Å². The third-order valence-electron chi connectivity index (χ3n) is 4.25. The van der Waals surface area contributed by atoms with Gasteiger partial charge in [0.15, 0.2) is 0 Å². The van der Waals surface area contributed by atoms with Gasteiger partial charge in [0.2, 0.25) is 0 Å². The van der Waals surface area contributed by atoms with Crippen molar-refractivity contribution in [3.63, 3.8) is 0 Å². The number of esters is 2. The first kappa shape index (κ1) is 23.4. The zero-order valence-corrected chi connectivity index (χ0v) is 17.0. The highest BCUT2D eigenvalue weighted by molar-refractivity contribution is 6.10. The monoisotopic (exact) mass is 394 g/mol. The summed E-state index contributed by atoms with van der Waals surface area (Å²) in [4.78, 5) is 32.7. The lowest BCUT2D eigenvalue weighted by Gasteiger charge is -2.25. The summed E-state index contributed by atoms with van der Waals surface area (Å²) < 4.78 is 9.85. The molecule has 0 aliphatic heterocycles. The Bertz CT molecular complexity index is 612. The van der Waals surface area contributed by atoms with Gasteiger partial charge >= 0.3 is 11.9 Å². The summed E-state index contributed by atoms with van der Waals surface area (Å²) in [5, 5.41) is 19.5. The molecule has 156 valence electrons. The average Bonchev–Trinajstić information content (AvgIpc) is 2.63. The van der Waals surface area contributed by atoms with Gasteiger partial charge in [-0.2, -0.15) is 0 Å². The second-order valence-electron chi connectivity index (χ2n) is 6.41. The van der Waals surface area contributed by atoms with Crippen molar-refractivity contribution in [1.82, 2.24) is 0 Å². The molecule has 28 heavy (non-hydrogen) atoms. The number of aliphatic hydroxyl groups excluding tert-OH is 2. The van der Waals surface area contributed by atoms with Gasteiger partial charge in [0.05, 0.1) is 25.3 Å². The molecule has 1 aliphatic rings. The molecule has 0 amide bonds. The Kier molecular flexibility index (Phi) is 9.98. The Morgan fingerprint density at radius 3 is 1.50 bits per heavy atom. The number of carbonyl (C=O) groups excluding carboxylic acids is 2. The van der Waals surface area contributed by atoms with Crippen LogP contribution in [0.3, 0.4) is 0 Å². The number of nitrogens with zero attached hydrogens (tertiary/aromatic N) is 2. The number of hydrogen-bond donors (Lipinski definition) is 2. The van der Waals surface area contributed by atoms with Crippen LogP contribution in [0.25, 0.3) is 0 Å². The second kappa shape index (κ2) is 11.9. The number of allylic oxidation sites excluding steroid dienone is 2. The molecule has 0 aromatic heterocycles. The van der Waals surface area contributed by atoms with E-state index < -0.39 is 11.9 Å². The van der Waals surface area contributed by atoms with E-state index in [2.05, 4.69) is 9.98 Å². The van der Waals surface area contributed by atoms with Crippen LogP contribution in [0.15, 0.2) is 32.6 Å². The van der Waals surface area contributed by atoms with E-state index in [1.807, 2.05) is 0 Å². The highest BCUT2D eigenvalue weighted by atomic mass is 16.5. The van der Waals surface area contributed by atoms with E-state index in [0.717, 1.165) is 25.7 Å². The maximum atomic E-state index is 11.9. The highest BCUT2D eigenvalue weighted by Gasteiger charge is 2.25. The Hall–Kier alpha value is -2.64. The van der Waals surface area contributed by atoms with E-state index in [-0.39, 0.29) is 48.0 Å². The van der Waals surface area contributed by atoms with Crippen LogP contribution in [0.4, 0.5) is 0 Å². The lowest BCUT2D eigenvalue weighted by molar-refractivity contribution is -0.139. The molecule has 1 rings (SSSR count). The molecule has 1 aliphatic carbocycles. The number of hydrogen-bond acceptors (Lipinski definition) is 8. The molecule has 0 spiro atoms. The smallest absolute Gasteiger partial charge is 0.343 e. The summed E-state index contributed by atoms with van der Waals surface area (Å²) >= 11 is 0. The molecule has 2 atom stereocenters. The number of aliphatic imine (C=N–C) groups is 2. The first-order valence-electron chi connectivity index (χ1n) is 9.52. The standard InChI is InChI=1S/C20H30N2O6/c1-5-27-19(25)15(13(3)23)11-21-17-9-7-8-10-18(17)22-12-16(14(4)24)20(26)28-6-2/h11-12,17-18,23-24H,5-10H2,1-4H3/t17-,18-/m1/s1. The van der Waals surface area contributed by atoms with Crippen molar-refractivity contribution >= 4 is 24.4 Å². The van der Waals surface area contributed by atoms with Gasteiger partial charge in [-0.15, -0.1) is 0 Å². The van der Waals surface area contributed by atoms with Gasteiger partial charge in [-0.1, -0.05) is 12.8 Å². The van der Waals surface area contributed by atoms with E-state index in [0.29, 0.717) is 0 Å². The van der Waals surface area contributed by atoms with E-state index in [1.165, 1.54) is 26.3 Å². The highest BCUT2D eigenvalue weighted by Crippen LogP contribution is 2.24. The average molecular weight is 394 g/mol. The third kappa shape index (κ3) is 7.17. The van der Waals surface area contributed by atoms with Crippen LogP contribution in [0.1, 0.15) is 53.4 Å². The summed E-state index contributed by atoms with van der Waals surface area (Å²) in [7, 11) is 0. The predicted octanol–water partition coefficient (Wildman–Crippen LogP) is 3.23. The van der Waals surface area contributed by atoms with Crippen molar-refractivity contribution in [2.24, 2.45) is 9.98 Å². The van der Waals surface area contributed by atoms with Gasteiger partial charge in [-0.3, -0.25) is 9.98 Å². The number of rotatable bonds is 8. The topological polar surface area (TPSA) is 118 Å². The fraction of sp³-hybridized carbons (Fsp3) is 0.600. The van der Waals surface area contributed by atoms with Crippen molar-refractivity contribution in [2.45, 2.75) is 65.5 Å². The van der Waals surface area contributed by atoms with Gasteiger partial charge in [0, 0.05) is 12.4 Å². The van der Waals surface area contributed by atoms with Crippen LogP contribution in [0.2, 0.25) is 0 Å². The Morgan fingerprint density at radius 1 is 0.857 bits per heavy atom. The molecule has 1 fully saturated rings. The molecule has 0 saturated heterocycles. The van der Waals surface area contributed by atoms with E-state index in [4.69, 9.17) is 9.47 Å². The summed E-state index contributed by atoms with van der Waals surface area (Å²) in [5.74, 6) is -1.60. The molecule has 0 bridgehead atoms. The molecule has 0 radical (unpaired) electrons. The normalized spacial score (nSPS) is 22.0. The van der Waals surface area contributed by atoms with E-state index in [1.54, 1.807) is 13.8 Å². The quantitative estimate of drug-likeness (QED) is 0.282. The zero-order chi connectivity index (χ0) is 21.1. The third-order valence-corrected chi connectivity index (χ3v) is 4.25. The summed E-state index contributed by atoms with van der Waals surface area (Å²) in [6.07, 6.45) is 6.09. The lowest BCUT2D eigenvalue weighted by atomic mass is 9.91. The molecule has 0 aromatic carbocycles. The Balaban J connectivity index is 3.00. The minimum Gasteiger partial charge on any atom is -0.512 e. The lowest BCUT2D eigenvalue weighted by Crippen LogP contribution is -2.28. The minimum absolute atomic E-state index is 0.00784. The van der Waals surface area contributed by atoms with Gasteiger partial charge in [0.1, 0.15) is 22.7 Å². The van der Waals surface area contributed by atoms with Gasteiger partial charge in [0.25, 0.3) is 0 Å². The van der Waals surface area contributed by atoms with Crippen molar-refractivity contribution in [1.29, 1.82) is 0 Å². The zero-order valence-electron chi connectivity index (χ0n) is 17.0. The van der Waals surface area contributed by atoms with Crippen molar-refractivity contribution in [3.05, 3.63) is 22.7 Å². The fourth-order valence-corrected chi connectivity index (χ4v) is 2.79. The Morgan fingerprint density at radius 2 is 1.21 bits per heavy atom. The van der Waals surface area contributed by atoms with Crippen molar-refractivity contribution in [3.8, 4) is 0 Å². The van der Waals surface area contributed by atoms with Crippen LogP contribution in [-0.4, -0.2) is 59.9 Å². The second-order valence-corrected chi connectivity index (χ2v) is 6.41. The van der Waals surface area contributed by atoms with Gasteiger partial charge < -0.3 is 19.7 Å². The van der Waals surface area contributed by atoms with Crippen molar-refractivity contribution in [2.75, 3.05) is 13.2 Å². The molecular weight excluding hydrogens is 364 g/mol. The number of aliphatic hydroxyl groups is 2. The summed E-state index contributed by atoms with van der Waals surface area (Å²) in [5.41, 5.74) is 0.0157. The maximum absolute atomic E-state index is 11.9. The molecule has 0 heterocycles. The molecule has 8 nitrogen and oxygen atoms in total. The molecule has 1 saturated carbocycles. The SMILES string of the molecule is CCOC(=O)C(C=N[C@@H]1CCCC[C@H]1N=CC(C(=O)OCC)=C(C)O)=C(C)O. The van der Waals surface area contributed by atoms with Gasteiger partial charge in [-0.05, 0) is 40.5 Å². The molecule has 8 heteroatoms. The number of carbonyl (C=O) groups is 2. The summed E-state index contributed by atoms with van der Waals surface area (Å²) in [6.45, 7) is 6.56. The summed E-state index contributed by atoms with van der Waals surface area (Å²) in [6, 6.07) is -0.424. The van der Waals surface area contributed by atoms with Crippen LogP contribution < -0.4 is 0 Å². The largest absolute Gasteiger partial charge is 0.512 e. The first-order valence-corrected chi connectivity index (χ1v) is 9.52.